The summed E-state index contributed by atoms with van der Waals surface area (Å²) in [7, 11) is 0. The molecule has 4 heteroatoms. The van der Waals surface area contributed by atoms with E-state index >= 15 is 0 Å². The predicted octanol–water partition coefficient (Wildman–Crippen LogP) is 2.06. The molecule has 0 fully saturated rings. The molecule has 19 heavy (non-hydrogen) atoms. The fourth-order valence-electron chi connectivity index (χ4n) is 2.00. The molecule has 0 saturated carbocycles. The molecule has 3 rings (SSSR count). The second kappa shape index (κ2) is 4.65. The monoisotopic (exact) mass is 317 g/mol. The van der Waals surface area contributed by atoms with Gasteiger partial charge in [-0.05, 0) is 0 Å². The van der Waals surface area contributed by atoms with Gasteiger partial charge in [0.15, 0.2) is 0 Å². The summed E-state index contributed by atoms with van der Waals surface area (Å²) in [6.45, 7) is 1.93. The molecule has 0 aliphatic heterocycles. The van der Waals surface area contributed by atoms with Crippen molar-refractivity contribution in [1.82, 2.24) is 3.56 Å². The van der Waals surface area contributed by atoms with Gasteiger partial charge in [-0.25, -0.2) is 0 Å². The molecule has 0 aliphatic rings. The van der Waals surface area contributed by atoms with Crippen LogP contribution in [-0.2, 0) is 0 Å². The number of carbonyl (C=O) groups excluding carboxylic acids is 1. The third kappa shape index (κ3) is 2.09. The third-order valence-corrected chi connectivity index (χ3v) is 5.18. The van der Waals surface area contributed by atoms with Crippen LogP contribution in [0, 0.1) is 6.92 Å². The van der Waals surface area contributed by atoms with Crippen molar-refractivity contribution in [3.8, 4) is 0 Å². The number of hydrogen-bond donors (Lipinski definition) is 0. The Hall–Kier alpha value is -1.90. The summed E-state index contributed by atoms with van der Waals surface area (Å²) in [5.74, 6) is -0.204. The molecule has 3 nitrogen and oxygen atoms in total. The van der Waals surface area contributed by atoms with E-state index in [0.29, 0.717) is 10.9 Å². The van der Waals surface area contributed by atoms with Gasteiger partial charge in [0.05, 0.1) is 0 Å². The van der Waals surface area contributed by atoms with E-state index < -0.39 is 0 Å². The molecule has 0 aliphatic carbocycles. The molecule has 2 aromatic carbocycles. The van der Waals surface area contributed by atoms with Crippen molar-refractivity contribution in [1.29, 1.82) is 0 Å². The number of benzene rings is 2. The number of carbonyl (C=O) groups is 1. The first-order valence-corrected chi connectivity index (χ1v) is 7.51. The topological polar surface area (TPSA) is 39.1 Å². The van der Waals surface area contributed by atoms with Gasteiger partial charge < -0.3 is 0 Å². The van der Waals surface area contributed by atoms with Crippen LogP contribution in [0.3, 0.4) is 0 Å². The first kappa shape index (κ1) is 12.1. The number of aryl methyl sites for hydroxylation is 1. The summed E-state index contributed by atoms with van der Waals surface area (Å²) in [5, 5.41) is 0.656. The molecule has 1 aromatic heterocycles. The number of hydrogen-bond acceptors (Lipinski definition) is 2. The van der Waals surface area contributed by atoms with Gasteiger partial charge in [-0.1, -0.05) is 0 Å². The van der Waals surface area contributed by atoms with E-state index in [1.807, 2.05) is 43.3 Å². The zero-order chi connectivity index (χ0) is 13.4. The number of aromatic nitrogens is 1. The summed E-state index contributed by atoms with van der Waals surface area (Å²) >= 11 is -0.255. The van der Waals surface area contributed by atoms with Crippen LogP contribution < -0.4 is 5.56 Å². The van der Waals surface area contributed by atoms with Crippen LogP contribution in [0.25, 0.3) is 9.65 Å². The van der Waals surface area contributed by atoms with Crippen molar-refractivity contribution < 1.29 is 4.79 Å². The number of rotatable bonds is 1. The second-order valence-electron chi connectivity index (χ2n) is 4.36. The molecule has 0 saturated heterocycles. The van der Waals surface area contributed by atoms with Crippen molar-refractivity contribution in [3.63, 3.8) is 0 Å². The summed E-state index contributed by atoms with van der Waals surface area (Å²) in [6, 6.07) is 14.8. The van der Waals surface area contributed by atoms with E-state index in [1.54, 1.807) is 12.1 Å². The van der Waals surface area contributed by atoms with Gasteiger partial charge in [-0.15, -0.1) is 0 Å². The first-order valence-electron chi connectivity index (χ1n) is 5.89. The standard InChI is InChI=1S/C15H11NO2Se/c1-10-5-4-6-11(9-10)14(17)16-15(18)12-7-2-3-8-13(12)19-16/h2-9H,1H3. The SMILES string of the molecule is Cc1cccc(C(=O)n2[se]c3ccccc3c2=O)c1. The van der Waals surface area contributed by atoms with E-state index in [9.17, 15) is 9.59 Å². The van der Waals surface area contributed by atoms with Crippen LogP contribution in [0.5, 0.6) is 0 Å². The predicted molar refractivity (Wildman–Crippen MR) is 76.1 cm³/mol. The Labute approximate surface area is 116 Å². The normalized spacial score (nSPS) is 10.8. The quantitative estimate of drug-likeness (QED) is 0.645. The summed E-state index contributed by atoms with van der Waals surface area (Å²) < 4.78 is 2.34. The number of fused-ring (bicyclic) bond motifs is 1. The molecular weight excluding hydrogens is 305 g/mol. The minimum absolute atomic E-state index is 0.179. The Bertz CT molecular complexity index is 829. The van der Waals surface area contributed by atoms with Gasteiger partial charge >= 0.3 is 116 Å². The van der Waals surface area contributed by atoms with E-state index in [1.165, 1.54) is 3.56 Å². The van der Waals surface area contributed by atoms with Gasteiger partial charge in [0, 0.05) is 0 Å². The zero-order valence-corrected chi connectivity index (χ0v) is 12.0. The molecule has 94 valence electrons. The van der Waals surface area contributed by atoms with Crippen molar-refractivity contribution in [2.75, 3.05) is 0 Å². The molecule has 0 spiro atoms. The molecule has 0 radical (unpaired) electrons. The molecule has 1 heterocycles. The Balaban J connectivity index is 2.17. The average Bonchev–Trinajstić information content (AvgIpc) is 2.76. The van der Waals surface area contributed by atoms with Gasteiger partial charge in [0.25, 0.3) is 0 Å². The van der Waals surface area contributed by atoms with Crippen molar-refractivity contribution >= 4 is 30.3 Å². The maximum atomic E-state index is 12.4. The van der Waals surface area contributed by atoms with Crippen LogP contribution in [0.1, 0.15) is 15.9 Å². The molecule has 0 bridgehead atoms. The van der Waals surface area contributed by atoms with E-state index in [0.717, 1.165) is 9.82 Å². The van der Waals surface area contributed by atoms with E-state index in [4.69, 9.17) is 0 Å². The maximum absolute atomic E-state index is 12.4. The number of nitrogens with zero attached hydrogens (tertiary/aromatic N) is 1. The second-order valence-corrected chi connectivity index (χ2v) is 6.43. The molecule has 0 amide bonds. The van der Waals surface area contributed by atoms with Crippen LogP contribution in [0.2, 0.25) is 0 Å². The Kier molecular flexibility index (Phi) is 2.97. The van der Waals surface area contributed by atoms with E-state index in [-0.39, 0.29) is 26.2 Å². The van der Waals surface area contributed by atoms with Gasteiger partial charge in [-0.2, -0.15) is 0 Å². The average molecular weight is 316 g/mol. The molecule has 0 unspecified atom stereocenters. The fraction of sp³-hybridized carbons (Fsp3) is 0.0667. The molecule has 0 atom stereocenters. The van der Waals surface area contributed by atoms with Gasteiger partial charge in [0.1, 0.15) is 0 Å². The third-order valence-electron chi connectivity index (χ3n) is 2.94. The first-order chi connectivity index (χ1) is 9.16. The van der Waals surface area contributed by atoms with Gasteiger partial charge in [0.2, 0.25) is 0 Å². The van der Waals surface area contributed by atoms with Crippen LogP contribution >= 0.6 is 0 Å². The Morgan fingerprint density at radius 3 is 2.63 bits per heavy atom. The summed E-state index contributed by atoms with van der Waals surface area (Å²) in [6.07, 6.45) is 0. The molecular formula is C15H11NO2Se. The Morgan fingerprint density at radius 2 is 1.89 bits per heavy atom. The summed E-state index contributed by atoms with van der Waals surface area (Å²) in [4.78, 5) is 24.6. The minimum atomic E-state index is -0.255. The van der Waals surface area contributed by atoms with Crippen molar-refractivity contribution in [2.24, 2.45) is 0 Å². The van der Waals surface area contributed by atoms with E-state index in [2.05, 4.69) is 0 Å². The van der Waals surface area contributed by atoms with Crippen LogP contribution in [0.4, 0.5) is 0 Å². The van der Waals surface area contributed by atoms with Gasteiger partial charge in [-0.3, -0.25) is 0 Å². The van der Waals surface area contributed by atoms with Crippen molar-refractivity contribution in [3.05, 3.63) is 70.0 Å². The molecule has 0 N–H and O–H groups in total. The van der Waals surface area contributed by atoms with Crippen molar-refractivity contribution in [2.45, 2.75) is 6.92 Å². The Morgan fingerprint density at radius 1 is 1.11 bits per heavy atom. The fourth-order valence-corrected chi connectivity index (χ4v) is 4.01. The zero-order valence-electron chi connectivity index (χ0n) is 10.3. The summed E-state index contributed by atoms with van der Waals surface area (Å²) in [5.41, 5.74) is 1.41. The van der Waals surface area contributed by atoms with Crippen LogP contribution in [-0.4, -0.2) is 24.2 Å². The van der Waals surface area contributed by atoms with Crippen LogP contribution in [0.15, 0.2) is 53.3 Å². The molecule has 3 aromatic rings.